The molecule has 0 aromatic heterocycles. The topological polar surface area (TPSA) is 57.7 Å². The van der Waals surface area contributed by atoms with Crippen molar-refractivity contribution in [2.24, 2.45) is 0 Å². The molecule has 2 aromatic carbocycles. The Hall–Kier alpha value is -1.89. The standard InChI is InChI=1S/C17H19ClN2O3S/c1-19(2)24(22,23)15-9-6-8-13(11-15)17(21)20(3)12-14-7-4-5-10-16(14)18/h4-11H,12H2,1-3H3. The molecule has 0 unspecified atom stereocenters. The summed E-state index contributed by atoms with van der Waals surface area (Å²) < 4.78 is 25.5. The monoisotopic (exact) mass is 366 g/mol. The third-order valence-electron chi connectivity index (χ3n) is 3.57. The van der Waals surface area contributed by atoms with Crippen LogP contribution < -0.4 is 0 Å². The van der Waals surface area contributed by atoms with Gasteiger partial charge in [0.15, 0.2) is 0 Å². The highest BCUT2D eigenvalue weighted by Gasteiger charge is 2.20. The Labute approximate surface area is 147 Å². The lowest BCUT2D eigenvalue weighted by molar-refractivity contribution is 0.0785. The highest BCUT2D eigenvalue weighted by molar-refractivity contribution is 7.89. The van der Waals surface area contributed by atoms with E-state index in [0.29, 0.717) is 17.1 Å². The maximum atomic E-state index is 12.6. The molecule has 0 radical (unpaired) electrons. The molecule has 0 heterocycles. The summed E-state index contributed by atoms with van der Waals surface area (Å²) in [7, 11) is 0.972. The number of carbonyl (C=O) groups is 1. The second-order valence-corrected chi connectivity index (χ2v) is 8.13. The molecular weight excluding hydrogens is 348 g/mol. The first kappa shape index (κ1) is 18.4. The lowest BCUT2D eigenvalue weighted by Crippen LogP contribution is -2.27. The number of carbonyl (C=O) groups excluding carboxylic acids is 1. The molecule has 0 aliphatic carbocycles. The number of hydrogen-bond acceptors (Lipinski definition) is 3. The number of sulfonamides is 1. The largest absolute Gasteiger partial charge is 0.337 e. The summed E-state index contributed by atoms with van der Waals surface area (Å²) >= 11 is 6.12. The van der Waals surface area contributed by atoms with Gasteiger partial charge in [0.25, 0.3) is 5.91 Å². The molecule has 2 rings (SSSR count). The molecule has 5 nitrogen and oxygen atoms in total. The van der Waals surface area contributed by atoms with Crippen LogP contribution in [0.2, 0.25) is 5.02 Å². The van der Waals surface area contributed by atoms with E-state index in [1.807, 2.05) is 18.2 Å². The Morgan fingerprint density at radius 2 is 1.71 bits per heavy atom. The van der Waals surface area contributed by atoms with Gasteiger partial charge in [0, 0.05) is 38.3 Å². The molecule has 24 heavy (non-hydrogen) atoms. The number of amides is 1. The van der Waals surface area contributed by atoms with E-state index in [2.05, 4.69) is 0 Å². The van der Waals surface area contributed by atoms with Crippen molar-refractivity contribution >= 4 is 27.5 Å². The maximum absolute atomic E-state index is 12.6. The third kappa shape index (κ3) is 3.95. The molecule has 0 saturated carbocycles. The molecule has 128 valence electrons. The molecule has 0 aliphatic rings. The minimum absolute atomic E-state index is 0.0875. The molecule has 0 saturated heterocycles. The minimum atomic E-state index is -3.58. The summed E-state index contributed by atoms with van der Waals surface area (Å²) in [6, 6.07) is 13.3. The Kier molecular flexibility index (Phi) is 5.64. The van der Waals surface area contributed by atoms with E-state index in [1.165, 1.54) is 31.1 Å². The smallest absolute Gasteiger partial charge is 0.253 e. The molecule has 7 heteroatoms. The van der Waals surface area contributed by atoms with Crippen molar-refractivity contribution in [3.8, 4) is 0 Å². The van der Waals surface area contributed by atoms with E-state index in [-0.39, 0.29) is 10.8 Å². The summed E-state index contributed by atoms with van der Waals surface area (Å²) in [4.78, 5) is 14.2. The van der Waals surface area contributed by atoms with Gasteiger partial charge in [-0.3, -0.25) is 4.79 Å². The fraction of sp³-hybridized carbons (Fsp3) is 0.235. The summed E-state index contributed by atoms with van der Waals surface area (Å²) in [6.07, 6.45) is 0. The molecule has 0 aliphatic heterocycles. The lowest BCUT2D eigenvalue weighted by Gasteiger charge is -2.19. The SMILES string of the molecule is CN(Cc1ccccc1Cl)C(=O)c1cccc(S(=O)(=O)N(C)C)c1. The predicted octanol–water partition coefficient (Wildman–Crippen LogP) is 2.86. The fourth-order valence-electron chi connectivity index (χ4n) is 2.17. The molecule has 0 atom stereocenters. The first-order valence-corrected chi connectivity index (χ1v) is 9.06. The molecule has 2 aromatic rings. The fourth-order valence-corrected chi connectivity index (χ4v) is 3.32. The lowest BCUT2D eigenvalue weighted by atomic mass is 10.1. The first-order valence-electron chi connectivity index (χ1n) is 7.25. The van der Waals surface area contributed by atoms with Crippen LogP contribution in [0.25, 0.3) is 0 Å². The van der Waals surface area contributed by atoms with Gasteiger partial charge >= 0.3 is 0 Å². The van der Waals surface area contributed by atoms with Crippen molar-refractivity contribution in [3.05, 3.63) is 64.7 Å². The van der Waals surface area contributed by atoms with Crippen LogP contribution in [0.1, 0.15) is 15.9 Å². The number of nitrogens with zero attached hydrogens (tertiary/aromatic N) is 2. The molecular formula is C17H19ClN2O3S. The zero-order valence-corrected chi connectivity index (χ0v) is 15.3. The zero-order chi connectivity index (χ0) is 17.9. The van der Waals surface area contributed by atoms with Crippen LogP contribution in [0.5, 0.6) is 0 Å². The van der Waals surface area contributed by atoms with Crippen molar-refractivity contribution in [1.29, 1.82) is 0 Å². The van der Waals surface area contributed by atoms with E-state index in [4.69, 9.17) is 11.6 Å². The van der Waals surface area contributed by atoms with Gasteiger partial charge in [0.05, 0.1) is 4.90 Å². The van der Waals surface area contributed by atoms with Crippen molar-refractivity contribution in [1.82, 2.24) is 9.21 Å². The van der Waals surface area contributed by atoms with Crippen LogP contribution in [0.4, 0.5) is 0 Å². The zero-order valence-electron chi connectivity index (χ0n) is 13.7. The highest BCUT2D eigenvalue weighted by atomic mass is 35.5. The second-order valence-electron chi connectivity index (χ2n) is 5.57. The van der Waals surface area contributed by atoms with Crippen molar-refractivity contribution < 1.29 is 13.2 Å². The van der Waals surface area contributed by atoms with E-state index in [1.54, 1.807) is 25.2 Å². The van der Waals surface area contributed by atoms with E-state index in [9.17, 15) is 13.2 Å². The van der Waals surface area contributed by atoms with Crippen LogP contribution in [0.3, 0.4) is 0 Å². The van der Waals surface area contributed by atoms with Crippen LogP contribution in [0, 0.1) is 0 Å². The number of benzene rings is 2. The van der Waals surface area contributed by atoms with Gasteiger partial charge in [-0.05, 0) is 29.8 Å². The highest BCUT2D eigenvalue weighted by Crippen LogP contribution is 2.19. The van der Waals surface area contributed by atoms with Crippen LogP contribution >= 0.6 is 11.6 Å². The average Bonchev–Trinajstić information content (AvgIpc) is 2.56. The van der Waals surface area contributed by atoms with Crippen LogP contribution in [-0.2, 0) is 16.6 Å². The normalized spacial score (nSPS) is 11.5. The Balaban J connectivity index is 2.25. The molecule has 0 spiro atoms. The average molecular weight is 367 g/mol. The summed E-state index contributed by atoms with van der Waals surface area (Å²) in [5.41, 5.74) is 1.14. The quantitative estimate of drug-likeness (QED) is 0.817. The van der Waals surface area contributed by atoms with E-state index >= 15 is 0 Å². The molecule has 0 N–H and O–H groups in total. The van der Waals surface area contributed by atoms with Gasteiger partial charge < -0.3 is 4.90 Å². The number of hydrogen-bond donors (Lipinski definition) is 0. The second kappa shape index (κ2) is 7.34. The van der Waals surface area contributed by atoms with Crippen LogP contribution in [0.15, 0.2) is 53.4 Å². The third-order valence-corrected chi connectivity index (χ3v) is 5.75. The van der Waals surface area contributed by atoms with Crippen molar-refractivity contribution in [2.45, 2.75) is 11.4 Å². The van der Waals surface area contributed by atoms with Gasteiger partial charge in [-0.1, -0.05) is 35.9 Å². The predicted molar refractivity (Wildman–Crippen MR) is 94.6 cm³/mol. The van der Waals surface area contributed by atoms with Gasteiger partial charge in [-0.15, -0.1) is 0 Å². The van der Waals surface area contributed by atoms with Gasteiger partial charge in [0.1, 0.15) is 0 Å². The van der Waals surface area contributed by atoms with Gasteiger partial charge in [-0.25, -0.2) is 12.7 Å². The maximum Gasteiger partial charge on any atom is 0.253 e. The minimum Gasteiger partial charge on any atom is -0.337 e. The summed E-state index contributed by atoms with van der Waals surface area (Å²) in [6.45, 7) is 0.336. The van der Waals surface area contributed by atoms with Crippen molar-refractivity contribution in [2.75, 3.05) is 21.1 Å². The molecule has 1 amide bonds. The first-order chi connectivity index (χ1) is 11.2. The van der Waals surface area contributed by atoms with E-state index < -0.39 is 10.0 Å². The summed E-state index contributed by atoms with van der Waals surface area (Å²) in [5, 5.41) is 0.584. The Bertz CT molecular complexity index is 850. The van der Waals surface area contributed by atoms with Crippen molar-refractivity contribution in [3.63, 3.8) is 0 Å². The van der Waals surface area contributed by atoms with E-state index in [0.717, 1.165) is 9.87 Å². The van der Waals surface area contributed by atoms with Crippen LogP contribution in [-0.4, -0.2) is 44.7 Å². The molecule has 0 bridgehead atoms. The summed E-state index contributed by atoms with van der Waals surface area (Å²) in [5.74, 6) is -0.272. The Morgan fingerprint density at radius 3 is 2.33 bits per heavy atom. The molecule has 0 fully saturated rings. The van der Waals surface area contributed by atoms with Gasteiger partial charge in [0.2, 0.25) is 10.0 Å². The number of rotatable bonds is 5. The van der Waals surface area contributed by atoms with Gasteiger partial charge in [-0.2, -0.15) is 0 Å². The number of halogens is 1. The Morgan fingerprint density at radius 1 is 1.04 bits per heavy atom.